The molecule has 0 atom stereocenters. The van der Waals surface area contributed by atoms with Gasteiger partial charge in [0, 0.05) is 22.2 Å². The molecule has 0 saturated heterocycles. The zero-order valence-corrected chi connectivity index (χ0v) is 38.6. The van der Waals surface area contributed by atoms with Crippen LogP contribution in [0.15, 0.2) is 249 Å². The van der Waals surface area contributed by atoms with Gasteiger partial charge >= 0.3 is 0 Å². The number of nitrogens with zero attached hydrogens (tertiary/aromatic N) is 1. The third-order valence-corrected chi connectivity index (χ3v) is 15.7. The zero-order valence-electron chi connectivity index (χ0n) is 38.6. The first-order valence-electron chi connectivity index (χ1n) is 24.3. The lowest BCUT2D eigenvalue weighted by molar-refractivity contribution is 0.660. The number of fused-ring (bicyclic) bond motifs is 14. The van der Waals surface area contributed by atoms with E-state index in [2.05, 4.69) is 267 Å². The third-order valence-electron chi connectivity index (χ3n) is 15.7. The highest BCUT2D eigenvalue weighted by Gasteiger charge is 2.51. The van der Waals surface area contributed by atoms with Gasteiger partial charge in [0.05, 0.1) is 16.8 Å². The van der Waals surface area contributed by atoms with Crippen LogP contribution in [0.25, 0.3) is 77.5 Å². The molecule has 324 valence electrons. The van der Waals surface area contributed by atoms with Crippen LogP contribution in [0.2, 0.25) is 0 Å². The van der Waals surface area contributed by atoms with E-state index in [0.29, 0.717) is 0 Å². The molecule has 0 aliphatic heterocycles. The van der Waals surface area contributed by atoms with Gasteiger partial charge in [-0.15, -0.1) is 0 Å². The SMILES string of the molecule is CC1(C)c2ccccc2-c2c(-c3ccccc3N(c3ccc(-c4ccc5ccccc5c4)cc3)c3ccccc3-c3ccc4c(c3)-c3ccccc3C43c4ccccc4-c4ccccc43)cccc21. The molecule has 0 N–H and O–H groups in total. The highest BCUT2D eigenvalue weighted by molar-refractivity contribution is 6.01. The maximum Gasteiger partial charge on any atom is 0.0725 e. The van der Waals surface area contributed by atoms with Crippen molar-refractivity contribution >= 4 is 27.8 Å². The van der Waals surface area contributed by atoms with Gasteiger partial charge in [-0.2, -0.15) is 0 Å². The smallest absolute Gasteiger partial charge is 0.0725 e. The lowest BCUT2D eigenvalue weighted by Crippen LogP contribution is -2.25. The van der Waals surface area contributed by atoms with E-state index < -0.39 is 5.41 Å². The Hall–Kier alpha value is -8.52. The number of hydrogen-bond donors (Lipinski definition) is 0. The summed E-state index contributed by atoms with van der Waals surface area (Å²) in [4.78, 5) is 2.51. The van der Waals surface area contributed by atoms with Gasteiger partial charge in [-0.3, -0.25) is 0 Å². The minimum atomic E-state index is -0.391. The van der Waals surface area contributed by atoms with Crippen molar-refractivity contribution in [3.63, 3.8) is 0 Å². The van der Waals surface area contributed by atoms with Crippen LogP contribution in [0.4, 0.5) is 17.1 Å². The molecule has 3 aliphatic rings. The monoisotopic (exact) mass is 877 g/mol. The molecule has 0 saturated carbocycles. The summed E-state index contributed by atoms with van der Waals surface area (Å²) < 4.78 is 0. The average molecular weight is 878 g/mol. The molecule has 1 nitrogen and oxygen atoms in total. The van der Waals surface area contributed by atoms with E-state index in [-0.39, 0.29) is 5.41 Å². The second-order valence-electron chi connectivity index (χ2n) is 19.5. The topological polar surface area (TPSA) is 3.24 Å². The number of anilines is 3. The van der Waals surface area contributed by atoms with Crippen molar-refractivity contribution in [2.45, 2.75) is 24.7 Å². The second kappa shape index (κ2) is 15.0. The zero-order chi connectivity index (χ0) is 45.8. The normalized spacial score (nSPS) is 13.9. The van der Waals surface area contributed by atoms with Gasteiger partial charge < -0.3 is 4.90 Å². The van der Waals surface area contributed by atoms with E-state index in [1.807, 2.05) is 0 Å². The summed E-state index contributed by atoms with van der Waals surface area (Å²) in [7, 11) is 0. The fourth-order valence-corrected chi connectivity index (χ4v) is 12.6. The Morgan fingerprint density at radius 2 is 0.739 bits per heavy atom. The van der Waals surface area contributed by atoms with Crippen molar-refractivity contribution in [2.75, 3.05) is 4.90 Å². The Morgan fingerprint density at radius 3 is 1.42 bits per heavy atom. The molecule has 3 aliphatic carbocycles. The van der Waals surface area contributed by atoms with Crippen LogP contribution in [0.3, 0.4) is 0 Å². The molecule has 0 unspecified atom stereocenters. The van der Waals surface area contributed by atoms with Crippen LogP contribution >= 0.6 is 0 Å². The van der Waals surface area contributed by atoms with Crippen LogP contribution in [0, 0.1) is 0 Å². The summed E-state index contributed by atoms with van der Waals surface area (Å²) in [6, 6.07) is 93.0. The first-order chi connectivity index (χ1) is 34.0. The van der Waals surface area contributed by atoms with Gasteiger partial charge in [-0.05, 0) is 136 Å². The summed E-state index contributed by atoms with van der Waals surface area (Å²) in [6.45, 7) is 4.74. The lowest BCUT2D eigenvalue weighted by Gasteiger charge is -2.31. The highest BCUT2D eigenvalue weighted by Crippen LogP contribution is 2.63. The number of benzene rings is 11. The molecule has 11 aromatic rings. The molecule has 0 radical (unpaired) electrons. The molecule has 1 spiro atoms. The molecule has 14 rings (SSSR count). The minimum absolute atomic E-state index is 0.116. The number of rotatable bonds is 6. The predicted molar refractivity (Wildman–Crippen MR) is 289 cm³/mol. The van der Waals surface area contributed by atoms with Gasteiger partial charge in [0.2, 0.25) is 0 Å². The van der Waals surface area contributed by atoms with Gasteiger partial charge in [0.25, 0.3) is 0 Å². The Balaban J connectivity index is 0.976. The van der Waals surface area contributed by atoms with E-state index in [4.69, 9.17) is 0 Å². The first-order valence-corrected chi connectivity index (χ1v) is 24.3. The van der Waals surface area contributed by atoms with E-state index >= 15 is 0 Å². The van der Waals surface area contributed by atoms with Gasteiger partial charge in [-0.1, -0.05) is 226 Å². The Labute approximate surface area is 404 Å². The van der Waals surface area contributed by atoms with Crippen molar-refractivity contribution in [3.05, 3.63) is 282 Å². The van der Waals surface area contributed by atoms with Gasteiger partial charge in [-0.25, -0.2) is 0 Å². The molecule has 69 heavy (non-hydrogen) atoms. The summed E-state index contributed by atoms with van der Waals surface area (Å²) >= 11 is 0. The molecular formula is C68H47N. The number of para-hydroxylation sites is 2. The predicted octanol–water partition coefficient (Wildman–Crippen LogP) is 18.0. The fraction of sp³-hybridized carbons (Fsp3) is 0.0588. The van der Waals surface area contributed by atoms with Gasteiger partial charge in [0.15, 0.2) is 0 Å². The summed E-state index contributed by atoms with van der Waals surface area (Å²) in [5.74, 6) is 0. The Morgan fingerprint density at radius 1 is 0.275 bits per heavy atom. The number of hydrogen-bond acceptors (Lipinski definition) is 1. The molecule has 11 aromatic carbocycles. The summed E-state index contributed by atoms with van der Waals surface area (Å²) in [5, 5.41) is 2.49. The van der Waals surface area contributed by atoms with E-state index in [9.17, 15) is 0 Å². The Bertz CT molecular complexity index is 3840. The van der Waals surface area contributed by atoms with Crippen molar-refractivity contribution in [1.82, 2.24) is 0 Å². The van der Waals surface area contributed by atoms with E-state index in [1.54, 1.807) is 0 Å². The van der Waals surface area contributed by atoms with Crippen LogP contribution in [-0.2, 0) is 10.8 Å². The standard InChI is InChI=1S/C68H47N/c1-67(2)58-27-11-8-25-56(58)66-55(26-17-31-63(66)67)54-24-10-16-33-65(54)69(49-39-36-45(37-40-49)47-35-34-44-18-3-4-19-46(44)42-47)64-32-15-9-20-50(64)48-38-41-62-57(43-48)53-23-7-14-30-61(53)68(62)59-28-12-5-21-51(59)52-22-6-13-29-60(52)68/h3-43H,1-2H3. The quantitative estimate of drug-likeness (QED) is 0.161. The lowest BCUT2D eigenvalue weighted by atomic mass is 9.70. The van der Waals surface area contributed by atoms with Crippen molar-refractivity contribution in [3.8, 4) is 66.8 Å². The average Bonchev–Trinajstić information content (AvgIpc) is 3.97. The van der Waals surface area contributed by atoms with Crippen molar-refractivity contribution < 1.29 is 0 Å². The molecule has 0 amide bonds. The first kappa shape index (κ1) is 39.6. The molecule has 0 aromatic heterocycles. The summed E-state index contributed by atoms with van der Waals surface area (Å²) in [6.07, 6.45) is 0. The van der Waals surface area contributed by atoms with Crippen LogP contribution in [0.1, 0.15) is 47.2 Å². The molecular weight excluding hydrogens is 831 g/mol. The van der Waals surface area contributed by atoms with E-state index in [0.717, 1.165) is 17.1 Å². The minimum Gasteiger partial charge on any atom is -0.309 e. The van der Waals surface area contributed by atoms with Crippen molar-refractivity contribution in [2.24, 2.45) is 0 Å². The molecule has 1 heteroatoms. The molecule has 0 fully saturated rings. The largest absolute Gasteiger partial charge is 0.309 e. The highest BCUT2D eigenvalue weighted by atomic mass is 15.1. The maximum atomic E-state index is 2.51. The fourth-order valence-electron chi connectivity index (χ4n) is 12.6. The summed E-state index contributed by atoms with van der Waals surface area (Å²) in [5.41, 5.74) is 26.0. The van der Waals surface area contributed by atoms with Crippen LogP contribution in [-0.4, -0.2) is 0 Å². The maximum absolute atomic E-state index is 2.51. The molecule has 0 bridgehead atoms. The van der Waals surface area contributed by atoms with Gasteiger partial charge in [0.1, 0.15) is 0 Å². The van der Waals surface area contributed by atoms with Crippen molar-refractivity contribution in [1.29, 1.82) is 0 Å². The molecule has 0 heterocycles. The Kier molecular flexibility index (Phi) is 8.61. The third kappa shape index (κ3) is 5.65. The van der Waals surface area contributed by atoms with Crippen LogP contribution < -0.4 is 4.90 Å². The van der Waals surface area contributed by atoms with Crippen LogP contribution in [0.5, 0.6) is 0 Å². The second-order valence-corrected chi connectivity index (χ2v) is 19.5. The van der Waals surface area contributed by atoms with E-state index in [1.165, 1.54) is 111 Å².